The molecule has 0 unspecified atom stereocenters. The minimum absolute atomic E-state index is 0.304. The van der Waals surface area contributed by atoms with Crippen molar-refractivity contribution in [1.82, 2.24) is 9.97 Å². The summed E-state index contributed by atoms with van der Waals surface area (Å²) in [6.45, 7) is 0.519. The molecular formula is C12H15N5O2S. The summed E-state index contributed by atoms with van der Waals surface area (Å²) in [4.78, 5) is 8.31. The van der Waals surface area contributed by atoms with Crippen LogP contribution in [0.25, 0.3) is 0 Å². The fourth-order valence-corrected chi connectivity index (χ4v) is 2.20. The molecule has 7 nitrogen and oxygen atoms in total. The first-order chi connectivity index (χ1) is 9.49. The lowest BCUT2D eigenvalue weighted by atomic mass is 10.2. The van der Waals surface area contributed by atoms with E-state index in [1.165, 1.54) is 6.26 Å². The zero-order valence-electron chi connectivity index (χ0n) is 10.9. The number of hydrogen-bond acceptors (Lipinski definition) is 7. The first-order valence-corrected chi connectivity index (χ1v) is 7.71. The Labute approximate surface area is 117 Å². The zero-order chi connectivity index (χ0) is 14.6. The fraction of sp³-hybridized carbons (Fsp3) is 0.167. The van der Waals surface area contributed by atoms with E-state index in [-0.39, 0.29) is 0 Å². The molecule has 20 heavy (non-hydrogen) atoms. The van der Waals surface area contributed by atoms with Crippen molar-refractivity contribution >= 4 is 21.6 Å². The Morgan fingerprint density at radius 3 is 2.50 bits per heavy atom. The second-order valence-electron chi connectivity index (χ2n) is 4.18. The van der Waals surface area contributed by atoms with Gasteiger partial charge in [-0.25, -0.2) is 19.2 Å². The van der Waals surface area contributed by atoms with Crippen LogP contribution in [0.1, 0.15) is 5.56 Å². The molecule has 0 bridgehead atoms. The van der Waals surface area contributed by atoms with Crippen molar-refractivity contribution in [2.75, 3.05) is 17.0 Å². The highest BCUT2D eigenvalue weighted by Crippen LogP contribution is 2.12. The van der Waals surface area contributed by atoms with E-state index in [1.54, 1.807) is 36.5 Å². The van der Waals surface area contributed by atoms with Gasteiger partial charge in [0.25, 0.3) is 0 Å². The van der Waals surface area contributed by atoms with Crippen molar-refractivity contribution in [3.05, 3.63) is 42.1 Å². The van der Waals surface area contributed by atoms with E-state index >= 15 is 0 Å². The van der Waals surface area contributed by atoms with Crippen LogP contribution in [0.15, 0.2) is 41.4 Å². The predicted molar refractivity (Wildman–Crippen MR) is 76.7 cm³/mol. The van der Waals surface area contributed by atoms with Crippen LogP contribution < -0.4 is 16.6 Å². The highest BCUT2D eigenvalue weighted by atomic mass is 32.2. The zero-order valence-corrected chi connectivity index (χ0v) is 11.7. The van der Waals surface area contributed by atoms with Crippen LogP contribution in [0.2, 0.25) is 0 Å². The molecule has 0 aliphatic heterocycles. The molecule has 0 aliphatic carbocycles. The maximum Gasteiger partial charge on any atom is 0.239 e. The van der Waals surface area contributed by atoms with Crippen LogP contribution in [0.5, 0.6) is 0 Å². The maximum atomic E-state index is 11.3. The summed E-state index contributed by atoms with van der Waals surface area (Å²) in [5, 5.41) is 3.10. The summed E-state index contributed by atoms with van der Waals surface area (Å²) >= 11 is 0. The second-order valence-corrected chi connectivity index (χ2v) is 6.20. The van der Waals surface area contributed by atoms with E-state index < -0.39 is 9.84 Å². The molecule has 0 amide bonds. The van der Waals surface area contributed by atoms with Crippen LogP contribution >= 0.6 is 0 Å². The predicted octanol–water partition coefficient (Wildman–Crippen LogP) is 0.778. The first-order valence-electron chi connectivity index (χ1n) is 5.81. The molecule has 1 aromatic carbocycles. The smallest absolute Gasteiger partial charge is 0.239 e. The minimum Gasteiger partial charge on any atom is -0.366 e. The first kappa shape index (κ1) is 14.2. The number of hydrazine groups is 1. The summed E-state index contributed by atoms with van der Waals surface area (Å²) < 4.78 is 22.7. The van der Waals surface area contributed by atoms with Crippen LogP contribution in [0.3, 0.4) is 0 Å². The average Bonchev–Trinajstić information content (AvgIpc) is 2.45. The molecule has 4 N–H and O–H groups in total. The summed E-state index contributed by atoms with van der Waals surface area (Å²) in [5.41, 5.74) is 3.30. The lowest BCUT2D eigenvalue weighted by Crippen LogP contribution is -2.11. The van der Waals surface area contributed by atoms with Gasteiger partial charge < -0.3 is 5.32 Å². The van der Waals surface area contributed by atoms with E-state index in [0.717, 1.165) is 5.56 Å². The van der Waals surface area contributed by atoms with Gasteiger partial charge in [-0.1, -0.05) is 12.1 Å². The van der Waals surface area contributed by atoms with Gasteiger partial charge in [0.1, 0.15) is 5.82 Å². The third-order valence-corrected chi connectivity index (χ3v) is 3.74. The van der Waals surface area contributed by atoms with Gasteiger partial charge >= 0.3 is 0 Å². The van der Waals surface area contributed by atoms with E-state index in [2.05, 4.69) is 20.7 Å². The lowest BCUT2D eigenvalue weighted by molar-refractivity contribution is 0.602. The van der Waals surface area contributed by atoms with Gasteiger partial charge in [-0.3, -0.25) is 5.43 Å². The standard InChI is InChI=1S/C12H15N5O2S/c1-20(18,19)10-4-2-9(3-5-10)8-15-11-6-7-14-12(16-11)17-13/h2-7H,8,13H2,1H3,(H2,14,15,16,17). The molecule has 0 fully saturated rings. The molecule has 0 saturated heterocycles. The second kappa shape index (κ2) is 5.85. The van der Waals surface area contributed by atoms with Gasteiger partial charge in [0.2, 0.25) is 5.95 Å². The Morgan fingerprint density at radius 2 is 1.90 bits per heavy atom. The van der Waals surface area contributed by atoms with Crippen molar-refractivity contribution in [2.24, 2.45) is 5.84 Å². The van der Waals surface area contributed by atoms with Gasteiger partial charge in [0.15, 0.2) is 9.84 Å². The number of anilines is 2. The van der Waals surface area contributed by atoms with Crippen molar-refractivity contribution < 1.29 is 8.42 Å². The Balaban J connectivity index is 2.04. The average molecular weight is 293 g/mol. The third-order valence-electron chi connectivity index (χ3n) is 2.61. The number of hydrogen-bond donors (Lipinski definition) is 3. The number of sulfone groups is 1. The molecule has 8 heteroatoms. The van der Waals surface area contributed by atoms with E-state index in [0.29, 0.717) is 23.2 Å². The molecule has 1 aromatic heterocycles. The topological polar surface area (TPSA) is 110 Å². The highest BCUT2D eigenvalue weighted by molar-refractivity contribution is 7.90. The van der Waals surface area contributed by atoms with Crippen LogP contribution in [0, 0.1) is 0 Å². The fourth-order valence-electron chi connectivity index (χ4n) is 1.57. The Kier molecular flexibility index (Phi) is 4.16. The number of benzene rings is 1. The number of nitrogens with two attached hydrogens (primary N) is 1. The molecule has 0 radical (unpaired) electrons. The molecular weight excluding hydrogens is 278 g/mol. The van der Waals surface area contributed by atoms with Gasteiger partial charge in [0, 0.05) is 19.0 Å². The number of nitrogens with zero attached hydrogens (tertiary/aromatic N) is 2. The summed E-state index contributed by atoms with van der Waals surface area (Å²) in [5.74, 6) is 6.17. The summed E-state index contributed by atoms with van der Waals surface area (Å²) in [7, 11) is -3.16. The lowest BCUT2D eigenvalue weighted by Gasteiger charge is -2.07. The molecule has 106 valence electrons. The van der Waals surface area contributed by atoms with E-state index in [1.807, 2.05) is 0 Å². The molecule has 2 aromatic rings. The van der Waals surface area contributed by atoms with Gasteiger partial charge in [-0.15, -0.1) is 0 Å². The Hall–Kier alpha value is -2.19. The van der Waals surface area contributed by atoms with Crippen molar-refractivity contribution in [1.29, 1.82) is 0 Å². The van der Waals surface area contributed by atoms with Crippen molar-refractivity contribution in [3.8, 4) is 0 Å². The minimum atomic E-state index is -3.16. The number of aromatic nitrogens is 2. The van der Waals surface area contributed by atoms with Crippen molar-refractivity contribution in [2.45, 2.75) is 11.4 Å². The number of rotatable bonds is 5. The van der Waals surface area contributed by atoms with Gasteiger partial charge in [-0.05, 0) is 23.8 Å². The monoisotopic (exact) mass is 293 g/mol. The maximum absolute atomic E-state index is 11.3. The van der Waals surface area contributed by atoms with Crippen LogP contribution in [0.4, 0.5) is 11.8 Å². The Bertz CT molecular complexity index is 685. The number of nitrogen functional groups attached to an aromatic ring is 1. The number of nitrogens with one attached hydrogen (secondary N) is 2. The van der Waals surface area contributed by atoms with Gasteiger partial charge in [-0.2, -0.15) is 4.98 Å². The third kappa shape index (κ3) is 3.65. The van der Waals surface area contributed by atoms with E-state index in [9.17, 15) is 8.42 Å². The van der Waals surface area contributed by atoms with Gasteiger partial charge in [0.05, 0.1) is 4.90 Å². The summed E-state index contributed by atoms with van der Waals surface area (Å²) in [6.07, 6.45) is 2.76. The van der Waals surface area contributed by atoms with Crippen LogP contribution in [-0.4, -0.2) is 24.6 Å². The Morgan fingerprint density at radius 1 is 1.20 bits per heavy atom. The molecule has 2 rings (SSSR count). The molecule has 0 saturated carbocycles. The largest absolute Gasteiger partial charge is 0.366 e. The van der Waals surface area contributed by atoms with Crippen molar-refractivity contribution in [3.63, 3.8) is 0 Å². The summed E-state index contributed by atoms with van der Waals surface area (Å²) in [6, 6.07) is 8.39. The quantitative estimate of drug-likeness (QED) is 0.552. The molecule has 0 spiro atoms. The van der Waals surface area contributed by atoms with Crippen LogP contribution in [-0.2, 0) is 16.4 Å². The highest BCUT2D eigenvalue weighted by Gasteiger charge is 2.06. The van der Waals surface area contributed by atoms with E-state index in [4.69, 9.17) is 5.84 Å². The SMILES string of the molecule is CS(=O)(=O)c1ccc(CNc2ccnc(NN)n2)cc1. The molecule has 1 heterocycles. The molecule has 0 atom stereocenters. The molecule has 0 aliphatic rings. The normalized spacial score (nSPS) is 11.1.